The quantitative estimate of drug-likeness (QED) is 0.0326. The number of hydrogen-bond donors (Lipinski definition) is 0. The molecule has 0 aliphatic heterocycles. The topological polar surface area (TPSA) is 0 Å². The van der Waals surface area contributed by atoms with Crippen molar-refractivity contribution in [1.82, 2.24) is 0 Å². The van der Waals surface area contributed by atoms with Crippen LogP contribution in [0.15, 0.2) is 60.8 Å². The molecule has 0 aromatic carbocycles. The molecule has 0 aliphatic carbocycles. The van der Waals surface area contributed by atoms with Crippen LogP contribution in [-0.4, -0.2) is 0 Å². The minimum Gasteiger partial charge on any atom is -0.103 e. The lowest BCUT2D eigenvalue weighted by atomic mass is 9.90. The molecule has 0 N–H and O–H groups in total. The van der Waals surface area contributed by atoms with E-state index in [1.165, 1.54) is 257 Å². The summed E-state index contributed by atoms with van der Waals surface area (Å²) in [6.07, 6.45) is 85.7. The zero-order chi connectivity index (χ0) is 94.5. The average Bonchev–Trinajstić information content (AvgIpc) is 1.08. The highest BCUT2D eigenvalue weighted by Gasteiger charge is 2.13. The van der Waals surface area contributed by atoms with Gasteiger partial charge in [-0.3, -0.25) is 0 Å². The van der Waals surface area contributed by atoms with Crippen LogP contribution in [-0.2, 0) is 0 Å². The van der Waals surface area contributed by atoms with E-state index in [2.05, 4.69) is 397 Å². The van der Waals surface area contributed by atoms with Gasteiger partial charge in [0, 0.05) is 64.2 Å². The van der Waals surface area contributed by atoms with Gasteiger partial charge in [-0.05, 0) is 195 Å². The lowest BCUT2D eigenvalue weighted by Crippen LogP contribution is -2.03. The van der Waals surface area contributed by atoms with Crippen molar-refractivity contribution in [2.75, 3.05) is 0 Å². The van der Waals surface area contributed by atoms with Gasteiger partial charge in [-0.25, -0.2) is 0 Å². The minimum absolute atomic E-state index is 0.371. The molecule has 0 aromatic heterocycles. The molecule has 0 unspecified atom stereocenters. The summed E-state index contributed by atoms with van der Waals surface area (Å²) in [6, 6.07) is 0. The van der Waals surface area contributed by atoms with E-state index >= 15 is 0 Å². The second-order valence-corrected chi connectivity index (χ2v) is 46.3. The van der Waals surface area contributed by atoms with Gasteiger partial charge in [0.2, 0.25) is 0 Å². The lowest BCUT2D eigenvalue weighted by molar-refractivity contribution is 0.367. The molecule has 0 atom stereocenters. The largest absolute Gasteiger partial charge is 0.103 e. The summed E-state index contributed by atoms with van der Waals surface area (Å²) in [5.74, 6) is 32.2. The lowest BCUT2D eigenvalue weighted by Gasteiger charge is -2.16. The molecule has 0 rings (SSSR count). The van der Waals surface area contributed by atoms with E-state index in [9.17, 15) is 0 Å². The summed E-state index contributed by atoms with van der Waals surface area (Å²) in [7, 11) is 0. The fraction of sp³-hybridized carbons (Fsp3) is 0.833. The SMILES string of the molecule is CCC/C=C/CC(C)(C)C.CCCC#CCCC(C)(C)C.CCCC/C=C/CC(C)(C)C.CCCCC#CCC(C)(C)C.CCCCC/C=C/CC(C)(C)C.CCCCC/C=C\CCCC(C)(C)C.CCCCCC#CCC(C)(C)C.CCCCCC#CCCC(C)(C)C.CCCCCC/C=C/CC(C)(C)C.CCCCCCC#CCC(C)(C)C. The van der Waals surface area contributed by atoms with Crippen molar-refractivity contribution in [3.8, 4) is 59.2 Å². The van der Waals surface area contributed by atoms with Crippen LogP contribution in [0.2, 0.25) is 0 Å². The van der Waals surface area contributed by atoms with Crippen molar-refractivity contribution >= 4 is 0 Å². The summed E-state index contributed by atoms with van der Waals surface area (Å²) >= 11 is 0. The Morgan fingerprint density at radius 2 is 0.358 bits per heavy atom. The average molecular weight is 1670 g/mol. The molecular weight excluding hydrogens is 1440 g/mol. The third kappa shape index (κ3) is 197. The van der Waals surface area contributed by atoms with Crippen molar-refractivity contribution in [3.63, 3.8) is 0 Å². The van der Waals surface area contributed by atoms with Crippen LogP contribution in [0.3, 0.4) is 0 Å². The molecule has 0 bridgehead atoms. The van der Waals surface area contributed by atoms with E-state index in [4.69, 9.17) is 0 Å². The van der Waals surface area contributed by atoms with Gasteiger partial charge in [-0.2, -0.15) is 0 Å². The smallest absolute Gasteiger partial charge is 0.0137 e. The predicted molar refractivity (Wildman–Crippen MR) is 567 cm³/mol. The highest BCUT2D eigenvalue weighted by molar-refractivity contribution is 5.04. The van der Waals surface area contributed by atoms with Crippen LogP contribution in [0.4, 0.5) is 0 Å². The van der Waals surface area contributed by atoms with E-state index in [-0.39, 0.29) is 0 Å². The highest BCUT2D eigenvalue weighted by atomic mass is 14.2. The number of unbranched alkanes of at least 4 members (excludes halogenated alkanes) is 27. The maximum absolute atomic E-state index is 3.25. The summed E-state index contributed by atoms with van der Waals surface area (Å²) < 4.78 is 0. The Bertz CT molecular complexity index is 2510. The van der Waals surface area contributed by atoms with Crippen LogP contribution < -0.4 is 0 Å². The second-order valence-electron chi connectivity index (χ2n) is 46.3. The molecule has 0 aliphatic rings. The van der Waals surface area contributed by atoms with Gasteiger partial charge in [-0.1, -0.05) is 453 Å². The van der Waals surface area contributed by atoms with E-state index < -0.39 is 0 Å². The van der Waals surface area contributed by atoms with Gasteiger partial charge in [-0.15, -0.1) is 59.2 Å². The Balaban J connectivity index is -0.000000140. The Labute approximate surface area is 767 Å². The zero-order valence-electron chi connectivity index (χ0n) is 91.1. The summed E-state index contributed by atoms with van der Waals surface area (Å²) in [5, 5.41) is 0. The molecule has 0 saturated heterocycles. The minimum atomic E-state index is 0.371. The monoisotopic (exact) mass is 1670 g/mol. The third-order valence-electron chi connectivity index (χ3n) is 17.9. The molecule has 710 valence electrons. The van der Waals surface area contributed by atoms with Crippen LogP contribution in [0, 0.1) is 113 Å². The van der Waals surface area contributed by atoms with Crippen LogP contribution in [0.1, 0.15) is 598 Å². The molecule has 0 heteroatoms. The molecule has 0 saturated carbocycles. The van der Waals surface area contributed by atoms with Crippen molar-refractivity contribution in [1.29, 1.82) is 0 Å². The first-order chi connectivity index (χ1) is 55.6. The molecule has 120 heavy (non-hydrogen) atoms. The molecule has 0 aromatic rings. The number of rotatable bonds is 40. The standard InChI is InChI=1S/C14H28.C13H26.2C13H24.C12H24.C12H22.C11H22.2C11H20.C10H20/c1-5-6-7-8-9-10-11-12-13-14(2,3)4;3*1-5-6-7-8-9-10-11-12-13(2,3)4;2*1-5-6-7-8-9-10-11-12(2,3)4;3*1-5-6-7-8-9-10-11(2,3)4;1-5-6-7-8-9-10(2,3)4/h9-10H,5-8,11-13H2,1-4H3;10-11H,5-9,12H2,1-4H3;5-8,11-12H2,1-4H3;5-9,12H2,1-4H3;9-10H,5-8,11H2,1-4H3;5-8,11H2,1-4H3;8-9H,5-7,10H2,1-4H3;5-6,9-10H2,1-4H3;5-7,10H2,1-4H3;7-8H,5-6,9H2,1-4H3/b10-9-;11-10+;;;10-9+;;9-8+;;;8-7+. The van der Waals surface area contributed by atoms with Crippen molar-refractivity contribution in [2.24, 2.45) is 54.1 Å². The zero-order valence-corrected chi connectivity index (χ0v) is 91.1. The molecule has 0 amide bonds. The fourth-order valence-electron chi connectivity index (χ4n) is 9.84. The van der Waals surface area contributed by atoms with Crippen LogP contribution in [0.5, 0.6) is 0 Å². The van der Waals surface area contributed by atoms with E-state index in [1.54, 1.807) is 0 Å². The van der Waals surface area contributed by atoms with Gasteiger partial charge in [0.1, 0.15) is 0 Å². The summed E-state index contributed by atoms with van der Waals surface area (Å²) in [6.45, 7) is 90.2. The van der Waals surface area contributed by atoms with E-state index in [1.807, 2.05) is 0 Å². The molecule has 0 fully saturated rings. The van der Waals surface area contributed by atoms with Gasteiger partial charge >= 0.3 is 0 Å². The maximum Gasteiger partial charge on any atom is 0.0137 e. The van der Waals surface area contributed by atoms with Crippen molar-refractivity contribution < 1.29 is 0 Å². The first-order valence-electron chi connectivity index (χ1n) is 51.1. The van der Waals surface area contributed by atoms with E-state index in [0.717, 1.165) is 64.2 Å². The molecular formula is C120H230. The Morgan fingerprint density at radius 3 is 0.633 bits per heavy atom. The number of hydrogen-bond acceptors (Lipinski definition) is 0. The second kappa shape index (κ2) is 94.6. The predicted octanol–water partition coefficient (Wildman–Crippen LogP) is 42.8. The highest BCUT2D eigenvalue weighted by Crippen LogP contribution is 2.26. The van der Waals surface area contributed by atoms with Crippen molar-refractivity contribution in [2.45, 2.75) is 598 Å². The summed E-state index contributed by atoms with van der Waals surface area (Å²) in [5.41, 5.74) is 4.36. The summed E-state index contributed by atoms with van der Waals surface area (Å²) in [4.78, 5) is 0. The first-order valence-corrected chi connectivity index (χ1v) is 51.1. The maximum atomic E-state index is 3.25. The van der Waals surface area contributed by atoms with Crippen LogP contribution >= 0.6 is 0 Å². The first kappa shape index (κ1) is 137. The molecule has 0 radical (unpaired) electrons. The van der Waals surface area contributed by atoms with E-state index in [0.29, 0.717) is 54.1 Å². The Hall–Kier alpha value is -3.50. The van der Waals surface area contributed by atoms with Crippen LogP contribution in [0.25, 0.3) is 0 Å². The van der Waals surface area contributed by atoms with Crippen molar-refractivity contribution in [3.05, 3.63) is 60.8 Å². The molecule has 0 nitrogen and oxygen atoms in total. The fourth-order valence-corrected chi connectivity index (χ4v) is 9.84. The Morgan fingerprint density at radius 1 is 0.142 bits per heavy atom. The molecule has 0 spiro atoms. The molecule has 0 heterocycles. The third-order valence-corrected chi connectivity index (χ3v) is 17.9. The number of allylic oxidation sites excluding steroid dienone is 10. The van der Waals surface area contributed by atoms with Gasteiger partial charge in [0.25, 0.3) is 0 Å². The van der Waals surface area contributed by atoms with Gasteiger partial charge in [0.15, 0.2) is 0 Å². The van der Waals surface area contributed by atoms with Gasteiger partial charge < -0.3 is 0 Å². The normalized spacial score (nSPS) is 11.7. The van der Waals surface area contributed by atoms with Gasteiger partial charge in [0.05, 0.1) is 0 Å². The Kier molecular flexibility index (Phi) is 108.